The summed E-state index contributed by atoms with van der Waals surface area (Å²) in [6, 6.07) is 10.3. The average Bonchev–Trinajstić information content (AvgIpc) is 3.35. The number of nitrogens with zero attached hydrogens (tertiary/aromatic N) is 6. The number of sulfonamides is 1. The van der Waals surface area contributed by atoms with Crippen LogP contribution in [0.5, 0.6) is 17.4 Å². The summed E-state index contributed by atoms with van der Waals surface area (Å²) in [5.74, 6) is 1.71. The van der Waals surface area contributed by atoms with E-state index in [0.29, 0.717) is 34.6 Å². The molecule has 0 amide bonds. The van der Waals surface area contributed by atoms with E-state index in [-0.39, 0.29) is 24.7 Å². The molecule has 0 radical (unpaired) electrons. The van der Waals surface area contributed by atoms with Crippen molar-refractivity contribution in [2.24, 2.45) is 0 Å². The predicted molar refractivity (Wildman–Crippen MR) is 145 cm³/mol. The maximum absolute atomic E-state index is 13.7. The molecular weight excluding hydrogens is 524 g/mol. The third kappa shape index (κ3) is 6.07. The van der Waals surface area contributed by atoms with Gasteiger partial charge < -0.3 is 19.5 Å². The standard InChI is InChI=1S/C25H30N8O5S/c1-16-13-27-21(28-14-16)12-17(15-26-2)39(34,35)32-25-31-30-24(18-8-6-11-22(29-18)38-5)33(25)23-19(36-3)9-7-10-20(23)37-4/h6-11,13-14,17,26H,12,15H2,1-5H3,(H,31,32)/t17-/m1/s1. The van der Waals surface area contributed by atoms with Gasteiger partial charge in [-0.1, -0.05) is 12.1 Å². The molecule has 206 valence electrons. The molecule has 0 aliphatic rings. The van der Waals surface area contributed by atoms with Crippen LogP contribution in [0.25, 0.3) is 17.2 Å². The fraction of sp³-hybridized carbons (Fsp3) is 0.320. The van der Waals surface area contributed by atoms with Gasteiger partial charge in [0.05, 0.1) is 26.6 Å². The number of aryl methyl sites for hydroxylation is 1. The van der Waals surface area contributed by atoms with Gasteiger partial charge in [-0.2, -0.15) is 0 Å². The highest BCUT2D eigenvalue weighted by Crippen LogP contribution is 2.37. The molecule has 14 heteroatoms. The first-order chi connectivity index (χ1) is 18.8. The Hall–Kier alpha value is -4.30. The summed E-state index contributed by atoms with van der Waals surface area (Å²) < 4.78 is 48.0. The fourth-order valence-corrected chi connectivity index (χ4v) is 5.20. The van der Waals surface area contributed by atoms with Gasteiger partial charge in [0.15, 0.2) is 5.82 Å². The summed E-state index contributed by atoms with van der Waals surface area (Å²) in [5.41, 5.74) is 1.65. The highest BCUT2D eigenvalue weighted by atomic mass is 32.2. The molecule has 2 N–H and O–H groups in total. The van der Waals surface area contributed by atoms with Crippen molar-refractivity contribution in [3.05, 3.63) is 60.2 Å². The Bertz CT molecular complexity index is 1500. The number of hydrogen-bond acceptors (Lipinski definition) is 11. The van der Waals surface area contributed by atoms with Crippen LogP contribution in [0.1, 0.15) is 11.4 Å². The number of methoxy groups -OCH3 is 3. The summed E-state index contributed by atoms with van der Waals surface area (Å²) in [5, 5.41) is 10.5. The Morgan fingerprint density at radius 1 is 0.949 bits per heavy atom. The largest absolute Gasteiger partial charge is 0.494 e. The number of hydrogen-bond donors (Lipinski definition) is 2. The number of rotatable bonds is 12. The molecule has 13 nitrogen and oxygen atoms in total. The van der Waals surface area contributed by atoms with Gasteiger partial charge in [0.2, 0.25) is 21.9 Å². The topological polar surface area (TPSA) is 155 Å². The molecule has 4 rings (SSSR count). The third-order valence-corrected chi connectivity index (χ3v) is 7.48. The first-order valence-corrected chi connectivity index (χ1v) is 13.5. The quantitative estimate of drug-likeness (QED) is 0.264. The molecule has 0 bridgehead atoms. The predicted octanol–water partition coefficient (Wildman–Crippen LogP) is 2.03. The van der Waals surface area contributed by atoms with E-state index in [2.05, 4.69) is 35.2 Å². The lowest BCUT2D eigenvalue weighted by molar-refractivity contribution is 0.391. The molecule has 1 aromatic carbocycles. The van der Waals surface area contributed by atoms with Crippen molar-refractivity contribution in [1.82, 2.24) is 35.0 Å². The molecule has 0 fully saturated rings. The minimum Gasteiger partial charge on any atom is -0.494 e. The Balaban J connectivity index is 1.84. The second-order valence-electron chi connectivity index (χ2n) is 8.47. The molecule has 0 aliphatic carbocycles. The molecule has 0 saturated carbocycles. The van der Waals surface area contributed by atoms with Crippen molar-refractivity contribution in [2.45, 2.75) is 18.6 Å². The maximum atomic E-state index is 13.7. The van der Waals surface area contributed by atoms with Gasteiger partial charge in [0.25, 0.3) is 0 Å². The van der Waals surface area contributed by atoms with Crippen molar-refractivity contribution in [2.75, 3.05) is 39.6 Å². The maximum Gasteiger partial charge on any atom is 0.243 e. The van der Waals surface area contributed by atoms with E-state index in [1.165, 1.54) is 25.9 Å². The summed E-state index contributed by atoms with van der Waals surface area (Å²) >= 11 is 0. The zero-order valence-electron chi connectivity index (χ0n) is 22.2. The van der Waals surface area contributed by atoms with E-state index in [1.807, 2.05) is 6.92 Å². The SMILES string of the molecule is CNC[C@@H](Cc1ncc(C)cn1)S(=O)(=O)Nc1nnc(-c2cccc(OC)n2)n1-c1c(OC)cccc1OC. The van der Waals surface area contributed by atoms with Crippen molar-refractivity contribution in [1.29, 1.82) is 0 Å². The normalized spacial score (nSPS) is 12.1. The molecule has 4 aromatic rings. The van der Waals surface area contributed by atoms with Gasteiger partial charge in [-0.05, 0) is 37.7 Å². The van der Waals surface area contributed by atoms with Gasteiger partial charge >= 0.3 is 0 Å². The Morgan fingerprint density at radius 2 is 1.62 bits per heavy atom. The number of ether oxygens (including phenoxy) is 3. The number of pyridine rings is 1. The first-order valence-electron chi connectivity index (χ1n) is 11.9. The monoisotopic (exact) mass is 554 g/mol. The van der Waals surface area contributed by atoms with Crippen LogP contribution in [0.2, 0.25) is 0 Å². The molecule has 0 spiro atoms. The number of anilines is 1. The van der Waals surface area contributed by atoms with Crippen molar-refractivity contribution < 1.29 is 22.6 Å². The zero-order valence-corrected chi connectivity index (χ0v) is 23.1. The van der Waals surface area contributed by atoms with Gasteiger partial charge in [-0.3, -0.25) is 9.29 Å². The number of nitrogens with one attached hydrogen (secondary N) is 2. The van der Waals surface area contributed by atoms with E-state index in [0.717, 1.165) is 5.56 Å². The zero-order chi connectivity index (χ0) is 28.0. The Morgan fingerprint density at radius 3 is 2.23 bits per heavy atom. The molecule has 1 atom stereocenters. The molecule has 3 heterocycles. The van der Waals surface area contributed by atoms with Crippen LogP contribution in [0, 0.1) is 6.92 Å². The number of benzene rings is 1. The lowest BCUT2D eigenvalue weighted by Crippen LogP contribution is -2.38. The third-order valence-electron chi connectivity index (χ3n) is 5.80. The lowest BCUT2D eigenvalue weighted by Gasteiger charge is -2.20. The van der Waals surface area contributed by atoms with Crippen molar-refractivity contribution in [3.8, 4) is 34.6 Å². The van der Waals surface area contributed by atoms with Gasteiger partial charge in [-0.15, -0.1) is 10.2 Å². The second kappa shape index (κ2) is 12.0. The van der Waals surface area contributed by atoms with E-state index in [1.54, 1.807) is 55.8 Å². The van der Waals surface area contributed by atoms with Crippen LogP contribution in [-0.2, 0) is 16.4 Å². The average molecular weight is 555 g/mol. The molecule has 39 heavy (non-hydrogen) atoms. The van der Waals surface area contributed by atoms with Crippen LogP contribution in [0.15, 0.2) is 48.8 Å². The highest BCUT2D eigenvalue weighted by molar-refractivity contribution is 7.93. The summed E-state index contributed by atoms with van der Waals surface area (Å²) in [6.45, 7) is 2.00. The summed E-state index contributed by atoms with van der Waals surface area (Å²) in [6.07, 6.45) is 3.38. The Kier molecular flexibility index (Phi) is 8.56. The van der Waals surface area contributed by atoms with Crippen LogP contribution >= 0.6 is 0 Å². The van der Waals surface area contributed by atoms with Crippen molar-refractivity contribution in [3.63, 3.8) is 0 Å². The minimum atomic E-state index is -4.04. The van der Waals surface area contributed by atoms with Gasteiger partial charge in [-0.25, -0.2) is 23.4 Å². The van der Waals surface area contributed by atoms with E-state index in [4.69, 9.17) is 14.2 Å². The minimum absolute atomic E-state index is 0.0763. The van der Waals surface area contributed by atoms with E-state index in [9.17, 15) is 8.42 Å². The molecule has 0 saturated heterocycles. The van der Waals surface area contributed by atoms with Crippen LogP contribution < -0.4 is 24.2 Å². The summed E-state index contributed by atoms with van der Waals surface area (Å²) in [7, 11) is 2.13. The van der Waals surface area contributed by atoms with Crippen LogP contribution in [0.4, 0.5) is 5.95 Å². The fourth-order valence-electron chi connectivity index (χ4n) is 3.89. The van der Waals surface area contributed by atoms with Crippen LogP contribution in [-0.4, -0.2) is 78.3 Å². The van der Waals surface area contributed by atoms with E-state index < -0.39 is 15.3 Å². The van der Waals surface area contributed by atoms with E-state index >= 15 is 0 Å². The van der Waals surface area contributed by atoms with Crippen LogP contribution in [0.3, 0.4) is 0 Å². The lowest BCUT2D eigenvalue weighted by atomic mass is 10.2. The van der Waals surface area contributed by atoms with Gasteiger partial charge in [0, 0.05) is 31.4 Å². The molecule has 0 unspecified atom stereocenters. The number of para-hydroxylation sites is 1. The van der Waals surface area contributed by atoms with Gasteiger partial charge in [0.1, 0.15) is 28.7 Å². The molecular formula is C25H30N8O5S. The smallest absolute Gasteiger partial charge is 0.243 e. The number of aromatic nitrogens is 6. The second-order valence-corrected chi connectivity index (χ2v) is 10.4. The highest BCUT2D eigenvalue weighted by Gasteiger charge is 2.31. The summed E-state index contributed by atoms with van der Waals surface area (Å²) in [4.78, 5) is 13.0. The molecule has 0 aliphatic heterocycles. The first kappa shape index (κ1) is 27.7. The molecule has 3 aromatic heterocycles. The Labute approximate surface area is 226 Å². The van der Waals surface area contributed by atoms with Crippen molar-refractivity contribution >= 4 is 16.0 Å².